The molecule has 5 nitrogen and oxygen atoms in total. The van der Waals surface area contributed by atoms with E-state index in [1.807, 2.05) is 13.8 Å². The molecule has 0 amide bonds. The van der Waals surface area contributed by atoms with Gasteiger partial charge in [-0.25, -0.2) is 0 Å². The largest absolute Gasteiger partial charge is 0.329 e. The van der Waals surface area contributed by atoms with Gasteiger partial charge in [-0.05, 0) is 24.7 Å². The van der Waals surface area contributed by atoms with Crippen molar-refractivity contribution >= 4 is 10.2 Å². The first-order valence-electron chi connectivity index (χ1n) is 6.34. The molecule has 0 bridgehead atoms. The normalized spacial score (nSPS) is 21.9. The van der Waals surface area contributed by atoms with Gasteiger partial charge in [-0.3, -0.25) is 0 Å². The highest BCUT2D eigenvalue weighted by Gasteiger charge is 2.28. The molecule has 1 aliphatic rings. The molecule has 6 heteroatoms. The van der Waals surface area contributed by atoms with Gasteiger partial charge >= 0.3 is 0 Å². The number of piperidine rings is 1. The summed E-state index contributed by atoms with van der Waals surface area (Å²) in [6, 6.07) is -0.181. The van der Waals surface area contributed by atoms with Crippen LogP contribution in [0.15, 0.2) is 0 Å². The SMILES string of the molecule is CC1CCN(S(=O)(=O)NC(CN)C(C)C)CC1. The molecule has 0 aromatic heterocycles. The van der Waals surface area contributed by atoms with Crippen molar-refractivity contribution < 1.29 is 8.42 Å². The monoisotopic (exact) mass is 263 g/mol. The predicted octanol–water partition coefficient (Wildman–Crippen LogP) is 0.536. The van der Waals surface area contributed by atoms with Gasteiger partial charge in [0.2, 0.25) is 0 Å². The zero-order valence-corrected chi connectivity index (χ0v) is 11.8. The average Bonchev–Trinajstić information content (AvgIpc) is 2.26. The second kappa shape index (κ2) is 6.13. The third-order valence-corrected chi connectivity index (χ3v) is 5.09. The molecular formula is C11H25N3O2S. The van der Waals surface area contributed by atoms with Gasteiger partial charge in [0.1, 0.15) is 0 Å². The van der Waals surface area contributed by atoms with Crippen LogP contribution in [0.4, 0.5) is 0 Å². The first-order valence-corrected chi connectivity index (χ1v) is 7.78. The van der Waals surface area contributed by atoms with E-state index in [4.69, 9.17) is 5.73 Å². The fourth-order valence-electron chi connectivity index (χ4n) is 1.95. The first-order chi connectivity index (χ1) is 7.86. The van der Waals surface area contributed by atoms with Gasteiger partial charge in [-0.1, -0.05) is 20.8 Å². The standard InChI is InChI=1S/C11H25N3O2S/c1-9(2)11(8-12)13-17(15,16)14-6-4-10(3)5-7-14/h9-11,13H,4-8,12H2,1-3H3. The molecule has 17 heavy (non-hydrogen) atoms. The Labute approximate surface area is 105 Å². The minimum absolute atomic E-state index is 0.181. The molecule has 0 saturated carbocycles. The molecule has 1 saturated heterocycles. The molecule has 0 aromatic carbocycles. The van der Waals surface area contributed by atoms with Crippen LogP contribution in [0.5, 0.6) is 0 Å². The Bertz CT molecular complexity index is 322. The minimum atomic E-state index is -3.36. The topological polar surface area (TPSA) is 75.4 Å². The van der Waals surface area contributed by atoms with Gasteiger partial charge in [-0.15, -0.1) is 0 Å². The number of nitrogens with zero attached hydrogens (tertiary/aromatic N) is 1. The van der Waals surface area contributed by atoms with Gasteiger partial charge in [-0.2, -0.15) is 17.4 Å². The van der Waals surface area contributed by atoms with Crippen molar-refractivity contribution in [2.45, 2.75) is 39.7 Å². The third-order valence-electron chi connectivity index (χ3n) is 3.44. The molecule has 0 radical (unpaired) electrons. The van der Waals surface area contributed by atoms with Crippen LogP contribution in [0.1, 0.15) is 33.6 Å². The lowest BCUT2D eigenvalue weighted by molar-refractivity contribution is 0.281. The van der Waals surface area contributed by atoms with E-state index in [2.05, 4.69) is 11.6 Å². The van der Waals surface area contributed by atoms with Gasteiger partial charge in [0.05, 0.1) is 0 Å². The van der Waals surface area contributed by atoms with Crippen molar-refractivity contribution in [1.82, 2.24) is 9.03 Å². The minimum Gasteiger partial charge on any atom is -0.329 e. The fourth-order valence-corrected chi connectivity index (χ4v) is 3.54. The van der Waals surface area contributed by atoms with Gasteiger partial charge in [0.25, 0.3) is 10.2 Å². The van der Waals surface area contributed by atoms with E-state index in [0.29, 0.717) is 25.6 Å². The Morgan fingerprint density at radius 2 is 1.88 bits per heavy atom. The Morgan fingerprint density at radius 1 is 1.35 bits per heavy atom. The zero-order chi connectivity index (χ0) is 13.1. The number of hydrogen-bond acceptors (Lipinski definition) is 3. The summed E-state index contributed by atoms with van der Waals surface area (Å²) in [7, 11) is -3.36. The van der Waals surface area contributed by atoms with Crippen molar-refractivity contribution in [2.24, 2.45) is 17.6 Å². The van der Waals surface area contributed by atoms with Gasteiger partial charge in [0.15, 0.2) is 0 Å². The molecular weight excluding hydrogens is 238 g/mol. The van der Waals surface area contributed by atoms with Crippen LogP contribution in [-0.2, 0) is 10.2 Å². The quantitative estimate of drug-likeness (QED) is 0.760. The number of nitrogens with two attached hydrogens (primary N) is 1. The van der Waals surface area contributed by atoms with Crippen LogP contribution in [0.2, 0.25) is 0 Å². The van der Waals surface area contributed by atoms with E-state index in [1.54, 1.807) is 0 Å². The molecule has 1 atom stereocenters. The molecule has 1 heterocycles. The summed E-state index contributed by atoms with van der Waals surface area (Å²) >= 11 is 0. The van der Waals surface area contributed by atoms with E-state index in [9.17, 15) is 8.42 Å². The number of nitrogens with one attached hydrogen (secondary N) is 1. The van der Waals surface area contributed by atoms with Crippen molar-refractivity contribution in [2.75, 3.05) is 19.6 Å². The first kappa shape index (κ1) is 14.9. The summed E-state index contributed by atoms with van der Waals surface area (Å²) in [5, 5.41) is 0. The predicted molar refractivity (Wildman–Crippen MR) is 69.7 cm³/mol. The smallest absolute Gasteiger partial charge is 0.279 e. The van der Waals surface area contributed by atoms with E-state index >= 15 is 0 Å². The second-order valence-electron chi connectivity index (χ2n) is 5.29. The molecule has 0 spiro atoms. The van der Waals surface area contributed by atoms with Crippen LogP contribution < -0.4 is 10.5 Å². The Hall–Kier alpha value is -0.170. The molecule has 102 valence electrons. The Balaban J connectivity index is 2.62. The number of hydrogen-bond donors (Lipinski definition) is 2. The summed E-state index contributed by atoms with van der Waals surface area (Å²) < 4.78 is 28.5. The van der Waals surface area contributed by atoms with E-state index < -0.39 is 10.2 Å². The van der Waals surface area contributed by atoms with Crippen molar-refractivity contribution in [1.29, 1.82) is 0 Å². The third kappa shape index (κ3) is 4.21. The Morgan fingerprint density at radius 3 is 2.29 bits per heavy atom. The van der Waals surface area contributed by atoms with Crippen LogP contribution in [0.3, 0.4) is 0 Å². The highest BCUT2D eigenvalue weighted by atomic mass is 32.2. The zero-order valence-electron chi connectivity index (χ0n) is 11.0. The molecule has 3 N–H and O–H groups in total. The molecule has 1 fully saturated rings. The molecule has 1 unspecified atom stereocenters. The van der Waals surface area contributed by atoms with Crippen LogP contribution in [0.25, 0.3) is 0 Å². The van der Waals surface area contributed by atoms with Gasteiger partial charge in [0, 0.05) is 25.7 Å². The van der Waals surface area contributed by atoms with Crippen molar-refractivity contribution in [3.05, 3.63) is 0 Å². The van der Waals surface area contributed by atoms with Crippen LogP contribution in [-0.4, -0.2) is 38.4 Å². The van der Waals surface area contributed by atoms with E-state index in [0.717, 1.165) is 12.8 Å². The lowest BCUT2D eigenvalue weighted by atomic mass is 10.0. The molecule has 1 rings (SSSR count). The summed E-state index contributed by atoms with van der Waals surface area (Å²) in [5.74, 6) is 0.829. The highest BCUT2D eigenvalue weighted by Crippen LogP contribution is 2.18. The average molecular weight is 263 g/mol. The molecule has 0 aromatic rings. The van der Waals surface area contributed by atoms with Gasteiger partial charge < -0.3 is 5.73 Å². The maximum Gasteiger partial charge on any atom is 0.279 e. The maximum atomic E-state index is 12.1. The molecule has 1 aliphatic heterocycles. The molecule has 0 aliphatic carbocycles. The number of rotatable bonds is 5. The lowest BCUT2D eigenvalue weighted by Crippen LogP contribution is -2.51. The maximum absolute atomic E-state index is 12.1. The van der Waals surface area contributed by atoms with E-state index in [1.165, 1.54) is 4.31 Å². The van der Waals surface area contributed by atoms with Crippen molar-refractivity contribution in [3.63, 3.8) is 0 Å². The fraction of sp³-hybridized carbons (Fsp3) is 1.00. The van der Waals surface area contributed by atoms with E-state index in [-0.39, 0.29) is 12.0 Å². The highest BCUT2D eigenvalue weighted by molar-refractivity contribution is 7.87. The summed E-state index contributed by atoms with van der Waals surface area (Å²) in [4.78, 5) is 0. The van der Waals surface area contributed by atoms with Crippen LogP contribution >= 0.6 is 0 Å². The van der Waals surface area contributed by atoms with Crippen molar-refractivity contribution in [3.8, 4) is 0 Å². The summed E-state index contributed by atoms with van der Waals surface area (Å²) in [5.41, 5.74) is 5.59. The summed E-state index contributed by atoms with van der Waals surface area (Å²) in [6.07, 6.45) is 1.88. The second-order valence-corrected chi connectivity index (χ2v) is 6.99. The Kier molecular flexibility index (Phi) is 5.37. The lowest BCUT2D eigenvalue weighted by Gasteiger charge is -2.31. The van der Waals surface area contributed by atoms with Crippen LogP contribution in [0, 0.1) is 11.8 Å². The summed E-state index contributed by atoms with van der Waals surface area (Å²) in [6.45, 7) is 7.67.